The molecule has 0 aliphatic carbocycles. The van der Waals surface area contributed by atoms with Crippen LogP contribution in [0.25, 0.3) is 10.9 Å². The molecule has 3 N–H and O–H groups in total. The third-order valence-electron chi connectivity index (χ3n) is 5.28. The molecular weight excluding hydrogens is 400 g/mol. The molecule has 6 heteroatoms. The van der Waals surface area contributed by atoms with E-state index in [0.717, 1.165) is 40.2 Å². The van der Waals surface area contributed by atoms with Crippen LogP contribution in [0.2, 0.25) is 0 Å². The van der Waals surface area contributed by atoms with Gasteiger partial charge in [-0.2, -0.15) is 0 Å². The van der Waals surface area contributed by atoms with Gasteiger partial charge in [-0.1, -0.05) is 36.1 Å². The highest BCUT2D eigenvalue weighted by molar-refractivity contribution is 5.91. The van der Waals surface area contributed by atoms with Gasteiger partial charge in [0.05, 0.1) is 5.52 Å². The summed E-state index contributed by atoms with van der Waals surface area (Å²) in [6, 6.07) is 23.1. The van der Waals surface area contributed by atoms with Crippen molar-refractivity contribution in [1.82, 2.24) is 15.3 Å². The van der Waals surface area contributed by atoms with Gasteiger partial charge in [-0.05, 0) is 49.0 Å². The first-order chi connectivity index (χ1) is 15.7. The van der Waals surface area contributed by atoms with E-state index in [0.29, 0.717) is 18.8 Å². The van der Waals surface area contributed by atoms with E-state index in [1.165, 1.54) is 6.33 Å². The summed E-state index contributed by atoms with van der Waals surface area (Å²) in [5.74, 6) is 8.29. The molecule has 1 aromatic heterocycles. The van der Waals surface area contributed by atoms with Gasteiger partial charge < -0.3 is 20.5 Å². The van der Waals surface area contributed by atoms with Crippen molar-refractivity contribution in [2.75, 3.05) is 18.4 Å². The summed E-state index contributed by atoms with van der Waals surface area (Å²) < 4.78 is 5.93. The van der Waals surface area contributed by atoms with Crippen LogP contribution < -0.4 is 15.4 Å². The molecule has 1 atom stereocenters. The number of aliphatic hydroxyl groups is 1. The van der Waals surface area contributed by atoms with Crippen molar-refractivity contribution >= 4 is 22.4 Å². The molecule has 1 aliphatic heterocycles. The minimum absolute atomic E-state index is 0.491. The number of nitrogens with one attached hydrogen (secondary N) is 2. The van der Waals surface area contributed by atoms with Gasteiger partial charge in [-0.3, -0.25) is 0 Å². The number of nitrogens with zero attached hydrogens (tertiary/aromatic N) is 2. The van der Waals surface area contributed by atoms with Gasteiger partial charge in [0.2, 0.25) is 0 Å². The molecule has 5 rings (SSSR count). The monoisotopic (exact) mass is 422 g/mol. The number of ether oxygens (including phenoxy) is 1. The zero-order chi connectivity index (χ0) is 21.8. The average Bonchev–Trinajstić information content (AvgIpc) is 3.26. The van der Waals surface area contributed by atoms with Gasteiger partial charge in [0, 0.05) is 35.7 Å². The first-order valence-corrected chi connectivity index (χ1v) is 10.5. The number of fused-ring (bicyclic) bond motifs is 1. The fourth-order valence-corrected chi connectivity index (χ4v) is 3.61. The van der Waals surface area contributed by atoms with Crippen molar-refractivity contribution < 1.29 is 9.84 Å². The zero-order valence-corrected chi connectivity index (χ0v) is 17.4. The van der Waals surface area contributed by atoms with Crippen LogP contribution in [0.15, 0.2) is 79.1 Å². The van der Waals surface area contributed by atoms with Crippen LogP contribution in [-0.2, 0) is 0 Å². The Kier molecular flexibility index (Phi) is 5.42. The number of benzene rings is 3. The first-order valence-electron chi connectivity index (χ1n) is 10.5. The quantitative estimate of drug-likeness (QED) is 0.427. The first kappa shape index (κ1) is 20.0. The van der Waals surface area contributed by atoms with E-state index >= 15 is 0 Å². The number of aromatic nitrogens is 2. The number of β-amino-alcohol motifs (C(OH)–C–C–N with tert-alkyl or cyclic N) is 1. The lowest BCUT2D eigenvalue weighted by atomic mass is 10.0. The Balaban J connectivity index is 1.42. The number of para-hydroxylation sites is 1. The van der Waals surface area contributed by atoms with E-state index < -0.39 is 5.60 Å². The number of anilines is 2. The Bertz CT molecular complexity index is 1310. The van der Waals surface area contributed by atoms with Crippen LogP contribution in [0, 0.1) is 11.8 Å². The van der Waals surface area contributed by atoms with E-state index in [4.69, 9.17) is 4.74 Å². The summed E-state index contributed by atoms with van der Waals surface area (Å²) in [7, 11) is 0. The van der Waals surface area contributed by atoms with E-state index in [9.17, 15) is 5.11 Å². The highest BCUT2D eigenvalue weighted by atomic mass is 16.5. The molecule has 6 nitrogen and oxygen atoms in total. The third kappa shape index (κ3) is 4.54. The van der Waals surface area contributed by atoms with Gasteiger partial charge in [0.15, 0.2) is 0 Å². The Labute approximate surface area is 186 Å². The maximum atomic E-state index is 10.5. The molecule has 32 heavy (non-hydrogen) atoms. The van der Waals surface area contributed by atoms with Gasteiger partial charge >= 0.3 is 0 Å². The molecule has 4 aromatic rings. The lowest BCUT2D eigenvalue weighted by Gasteiger charge is -2.12. The molecular formula is C26H22N4O2. The molecule has 0 bridgehead atoms. The number of rotatable bonds is 4. The predicted octanol–water partition coefficient (Wildman–Crippen LogP) is 4.24. The van der Waals surface area contributed by atoms with Gasteiger partial charge in [0.1, 0.15) is 29.2 Å². The molecule has 2 heterocycles. The van der Waals surface area contributed by atoms with E-state index in [1.807, 2.05) is 72.8 Å². The van der Waals surface area contributed by atoms with Crippen molar-refractivity contribution in [1.29, 1.82) is 0 Å². The summed E-state index contributed by atoms with van der Waals surface area (Å²) >= 11 is 0. The van der Waals surface area contributed by atoms with Crippen LogP contribution in [0.3, 0.4) is 0 Å². The Hall–Kier alpha value is -3.92. The second-order valence-electron chi connectivity index (χ2n) is 7.73. The van der Waals surface area contributed by atoms with Crippen molar-refractivity contribution in [2.24, 2.45) is 0 Å². The summed E-state index contributed by atoms with van der Waals surface area (Å²) in [5.41, 5.74) is 1.49. The largest absolute Gasteiger partial charge is 0.457 e. The lowest BCUT2D eigenvalue weighted by Crippen LogP contribution is -2.28. The molecule has 1 fully saturated rings. The van der Waals surface area contributed by atoms with Crippen molar-refractivity contribution in [2.45, 2.75) is 12.0 Å². The minimum Gasteiger partial charge on any atom is -0.457 e. The molecule has 1 unspecified atom stereocenters. The van der Waals surface area contributed by atoms with Gasteiger partial charge in [-0.15, -0.1) is 0 Å². The van der Waals surface area contributed by atoms with Gasteiger partial charge in [-0.25, -0.2) is 9.97 Å². The smallest absolute Gasteiger partial charge is 0.141 e. The molecule has 0 amide bonds. The molecule has 0 saturated carbocycles. The van der Waals surface area contributed by atoms with E-state index in [2.05, 4.69) is 32.4 Å². The van der Waals surface area contributed by atoms with Crippen molar-refractivity contribution in [3.8, 4) is 23.3 Å². The summed E-state index contributed by atoms with van der Waals surface area (Å²) in [6.07, 6.45) is 2.16. The van der Waals surface area contributed by atoms with Crippen molar-refractivity contribution in [3.63, 3.8) is 0 Å². The third-order valence-corrected chi connectivity index (χ3v) is 5.28. The Morgan fingerprint density at radius 2 is 1.84 bits per heavy atom. The second kappa shape index (κ2) is 8.67. The Morgan fingerprint density at radius 3 is 2.69 bits per heavy atom. The second-order valence-corrected chi connectivity index (χ2v) is 7.73. The maximum Gasteiger partial charge on any atom is 0.141 e. The summed E-state index contributed by atoms with van der Waals surface area (Å²) in [4.78, 5) is 8.80. The van der Waals surface area contributed by atoms with Crippen LogP contribution >= 0.6 is 0 Å². The topological polar surface area (TPSA) is 79.3 Å². The normalized spacial score (nSPS) is 17.5. The van der Waals surface area contributed by atoms with Crippen LogP contribution in [0.1, 0.15) is 12.0 Å². The van der Waals surface area contributed by atoms with Crippen LogP contribution in [0.4, 0.5) is 11.5 Å². The van der Waals surface area contributed by atoms with Crippen molar-refractivity contribution in [3.05, 3.63) is 84.7 Å². The summed E-state index contributed by atoms with van der Waals surface area (Å²) in [6.45, 7) is 1.27. The molecule has 1 saturated heterocycles. The Morgan fingerprint density at radius 1 is 0.969 bits per heavy atom. The predicted molar refractivity (Wildman–Crippen MR) is 125 cm³/mol. The fraction of sp³-hybridized carbons (Fsp3) is 0.154. The van der Waals surface area contributed by atoms with E-state index in [-0.39, 0.29) is 0 Å². The average molecular weight is 422 g/mol. The fourth-order valence-electron chi connectivity index (χ4n) is 3.61. The lowest BCUT2D eigenvalue weighted by molar-refractivity contribution is 0.124. The summed E-state index contributed by atoms with van der Waals surface area (Å²) in [5, 5.41) is 17.8. The van der Waals surface area contributed by atoms with E-state index in [1.54, 1.807) is 0 Å². The van der Waals surface area contributed by atoms with Crippen LogP contribution in [-0.4, -0.2) is 33.8 Å². The van der Waals surface area contributed by atoms with Gasteiger partial charge in [0.25, 0.3) is 0 Å². The molecule has 158 valence electrons. The standard InChI is InChI=1S/C26H22N4O2/c31-26(13-14-27-17-26)12-11-19-9-10-24-23(15-19)25(29-18-28-24)30-20-5-4-8-22(16-20)32-21-6-2-1-3-7-21/h1-10,15-16,18,27,31H,13-14,17H2,(H,28,29,30). The molecule has 1 aliphatic rings. The molecule has 3 aromatic carbocycles. The van der Waals surface area contributed by atoms with Crippen LogP contribution in [0.5, 0.6) is 11.5 Å². The minimum atomic E-state index is -0.970. The maximum absolute atomic E-state index is 10.5. The SMILES string of the molecule is OC1(C#Cc2ccc3ncnc(Nc4cccc(Oc5ccccc5)c4)c3c2)CCNC1. The number of hydrogen-bond donors (Lipinski definition) is 3. The zero-order valence-electron chi connectivity index (χ0n) is 17.4. The molecule has 0 radical (unpaired) electrons. The molecule has 0 spiro atoms. The highest BCUT2D eigenvalue weighted by Crippen LogP contribution is 2.28. The highest BCUT2D eigenvalue weighted by Gasteiger charge is 2.28. The number of hydrogen-bond acceptors (Lipinski definition) is 6.